The van der Waals surface area contributed by atoms with Crippen molar-refractivity contribution in [2.75, 3.05) is 6.61 Å². The molecule has 0 aliphatic rings. The Morgan fingerprint density at radius 3 is 2.47 bits per heavy atom. The molecule has 43 heavy (non-hydrogen) atoms. The van der Waals surface area contributed by atoms with Gasteiger partial charge in [0.15, 0.2) is 0 Å². The van der Waals surface area contributed by atoms with E-state index in [2.05, 4.69) is 15.5 Å². The molecule has 14 heteroatoms. The Morgan fingerprint density at radius 1 is 1.16 bits per heavy atom. The lowest BCUT2D eigenvalue weighted by Gasteiger charge is -2.28. The minimum Gasteiger partial charge on any atom is -0.426 e. The highest BCUT2D eigenvalue weighted by molar-refractivity contribution is 7.21. The van der Waals surface area contributed by atoms with Gasteiger partial charge in [0.1, 0.15) is 27.2 Å². The lowest BCUT2D eigenvalue weighted by molar-refractivity contribution is -0.132. The van der Waals surface area contributed by atoms with Crippen LogP contribution in [0.3, 0.4) is 0 Å². The van der Waals surface area contributed by atoms with Gasteiger partial charge in [-0.2, -0.15) is 15.5 Å². The van der Waals surface area contributed by atoms with E-state index in [0.29, 0.717) is 21.0 Å². The third kappa shape index (κ3) is 6.27. The fourth-order valence-electron chi connectivity index (χ4n) is 4.69. The first-order valence-electron chi connectivity index (χ1n) is 13.6. The summed E-state index contributed by atoms with van der Waals surface area (Å²) in [6.45, 7) is 9.50. The summed E-state index contributed by atoms with van der Waals surface area (Å²) in [6.07, 6.45) is 2.20. The molecule has 4 aromatic rings. The number of fused-ring (bicyclic) bond motifs is 1. The molecule has 1 atom stereocenters. The summed E-state index contributed by atoms with van der Waals surface area (Å²) >= 11 is 1.15. The molecule has 0 aliphatic carbocycles. The molecular weight excluding hydrogens is 574 g/mol. The highest BCUT2D eigenvalue weighted by Gasteiger charge is 2.36. The number of esters is 1. The Kier molecular flexibility index (Phi) is 9.27. The lowest BCUT2D eigenvalue weighted by Crippen LogP contribution is -2.56. The van der Waals surface area contributed by atoms with Crippen molar-refractivity contribution in [2.24, 2.45) is 0 Å². The second-order valence-corrected chi connectivity index (χ2v) is 11.6. The van der Waals surface area contributed by atoms with Gasteiger partial charge in [0.05, 0.1) is 43.4 Å². The average molecular weight is 608 g/mol. The van der Waals surface area contributed by atoms with Crippen molar-refractivity contribution in [3.05, 3.63) is 68.6 Å². The highest BCUT2D eigenvalue weighted by Crippen LogP contribution is 2.34. The smallest absolute Gasteiger partial charge is 0.333 e. The number of carbonyl (C=O) groups excluding carboxylic acids is 2. The molecule has 0 spiro atoms. The standard InChI is InChI=1S/C29H33N7O6S/c1-17(2)33-27(39)29(5,6)35-24(38)23-18(3)25(36-31-13-14-32-36)43-26(23)34(28(35)40)16-22(41-15-9-12-30)20-10-7-8-11-21(20)42-19(4)37/h7-8,10-11,13-14,17,22H,9,15-16H2,1-6H3,(H,33,39)/t22-/m0/s1. The average Bonchev–Trinajstić information content (AvgIpc) is 3.58. The van der Waals surface area contributed by atoms with Gasteiger partial charge in [0.2, 0.25) is 5.91 Å². The molecule has 4 rings (SSSR count). The van der Waals surface area contributed by atoms with Gasteiger partial charge in [-0.25, -0.2) is 9.36 Å². The van der Waals surface area contributed by atoms with Crippen molar-refractivity contribution in [3.63, 3.8) is 0 Å². The topological polar surface area (TPSA) is 163 Å². The van der Waals surface area contributed by atoms with Gasteiger partial charge in [-0.05, 0) is 40.7 Å². The lowest BCUT2D eigenvalue weighted by atomic mass is 10.0. The number of thiophene rings is 1. The van der Waals surface area contributed by atoms with Crippen LogP contribution in [0.25, 0.3) is 15.2 Å². The van der Waals surface area contributed by atoms with E-state index in [1.54, 1.807) is 45.0 Å². The maximum absolute atomic E-state index is 14.3. The third-order valence-electron chi connectivity index (χ3n) is 6.72. The molecule has 1 aromatic carbocycles. The minimum absolute atomic E-state index is 0.0291. The zero-order valence-electron chi connectivity index (χ0n) is 24.8. The number of amides is 1. The van der Waals surface area contributed by atoms with E-state index in [1.165, 1.54) is 42.5 Å². The van der Waals surface area contributed by atoms with Gasteiger partial charge in [0.25, 0.3) is 5.56 Å². The van der Waals surface area contributed by atoms with E-state index in [0.717, 1.165) is 15.9 Å². The van der Waals surface area contributed by atoms with Crippen molar-refractivity contribution >= 4 is 33.4 Å². The maximum Gasteiger partial charge on any atom is 0.333 e. The van der Waals surface area contributed by atoms with Crippen molar-refractivity contribution < 1.29 is 19.1 Å². The molecule has 13 nitrogen and oxygen atoms in total. The van der Waals surface area contributed by atoms with E-state index in [9.17, 15) is 19.2 Å². The monoisotopic (exact) mass is 607 g/mol. The Labute approximate surface area is 251 Å². The van der Waals surface area contributed by atoms with Crippen molar-refractivity contribution in [3.8, 4) is 16.8 Å². The van der Waals surface area contributed by atoms with Gasteiger partial charge < -0.3 is 14.8 Å². The molecule has 0 saturated carbocycles. The van der Waals surface area contributed by atoms with Crippen molar-refractivity contribution in [2.45, 2.75) is 72.2 Å². The zero-order chi connectivity index (χ0) is 31.5. The largest absolute Gasteiger partial charge is 0.426 e. The summed E-state index contributed by atoms with van der Waals surface area (Å²) in [7, 11) is 0. The number of aryl methyl sites for hydroxylation is 1. The fourth-order valence-corrected chi connectivity index (χ4v) is 5.91. The molecule has 0 unspecified atom stereocenters. The molecule has 226 valence electrons. The van der Waals surface area contributed by atoms with Crippen LogP contribution in [0.1, 0.15) is 58.3 Å². The van der Waals surface area contributed by atoms with Crippen LogP contribution >= 0.6 is 11.3 Å². The normalized spacial score (nSPS) is 12.3. The molecule has 0 bridgehead atoms. The maximum atomic E-state index is 14.3. The summed E-state index contributed by atoms with van der Waals surface area (Å²) in [6, 6.07) is 8.54. The third-order valence-corrected chi connectivity index (χ3v) is 8.00. The number of aromatic nitrogens is 5. The van der Waals surface area contributed by atoms with Gasteiger partial charge in [0, 0.05) is 24.1 Å². The number of nitrogens with zero attached hydrogens (tertiary/aromatic N) is 6. The SMILES string of the molecule is CC(=O)Oc1ccccc1[C@H](Cn1c(=O)n(C(C)(C)C(=O)NC(C)C)c(=O)c2c(C)c(-n3nccn3)sc21)OCCC#N. The number of para-hydroxylation sites is 1. The highest BCUT2D eigenvalue weighted by atomic mass is 32.1. The van der Waals surface area contributed by atoms with Gasteiger partial charge in [-0.3, -0.25) is 19.0 Å². The van der Waals surface area contributed by atoms with Gasteiger partial charge in [-0.15, -0.1) is 4.80 Å². The summed E-state index contributed by atoms with van der Waals surface area (Å²) < 4.78 is 13.9. The zero-order valence-corrected chi connectivity index (χ0v) is 25.6. The van der Waals surface area contributed by atoms with Crippen LogP contribution < -0.4 is 21.3 Å². The Bertz CT molecular complexity index is 1810. The van der Waals surface area contributed by atoms with Gasteiger partial charge in [-0.1, -0.05) is 29.5 Å². The summed E-state index contributed by atoms with van der Waals surface area (Å²) in [5.41, 5.74) is -1.94. The van der Waals surface area contributed by atoms with Gasteiger partial charge >= 0.3 is 11.7 Å². The second-order valence-electron chi connectivity index (χ2n) is 10.7. The van der Waals surface area contributed by atoms with E-state index >= 15 is 0 Å². The van der Waals surface area contributed by atoms with E-state index in [1.807, 2.05) is 6.07 Å². The van der Waals surface area contributed by atoms with Crippen LogP contribution in [-0.2, 0) is 26.4 Å². The predicted octanol–water partition coefficient (Wildman–Crippen LogP) is 2.97. The van der Waals surface area contributed by atoms with Crippen LogP contribution in [0.2, 0.25) is 0 Å². The summed E-state index contributed by atoms with van der Waals surface area (Å²) in [5.74, 6) is -0.814. The van der Waals surface area contributed by atoms with Crippen LogP contribution in [0.5, 0.6) is 5.75 Å². The Balaban J connectivity index is 2.01. The molecular formula is C29H33N7O6S. The first kappa shape index (κ1) is 31.3. The number of carbonyl (C=O) groups is 2. The van der Waals surface area contributed by atoms with Crippen LogP contribution in [0.15, 0.2) is 46.2 Å². The van der Waals surface area contributed by atoms with Crippen molar-refractivity contribution in [1.82, 2.24) is 29.4 Å². The molecule has 0 saturated heterocycles. The number of ether oxygens (including phenoxy) is 2. The molecule has 0 fully saturated rings. The number of rotatable bonds is 11. The quantitative estimate of drug-likeness (QED) is 0.153. The fraction of sp³-hybridized carbons (Fsp3) is 0.414. The molecule has 3 aromatic heterocycles. The van der Waals surface area contributed by atoms with Crippen molar-refractivity contribution in [1.29, 1.82) is 5.26 Å². The first-order chi connectivity index (χ1) is 20.4. The Hall–Kier alpha value is -4.61. The molecule has 3 heterocycles. The molecule has 1 amide bonds. The molecule has 0 aliphatic heterocycles. The molecule has 0 radical (unpaired) electrons. The second kappa shape index (κ2) is 12.7. The number of benzene rings is 1. The number of hydrogen-bond donors (Lipinski definition) is 1. The van der Waals surface area contributed by atoms with Crippen LogP contribution in [0.4, 0.5) is 0 Å². The summed E-state index contributed by atoms with van der Waals surface area (Å²) in [4.78, 5) is 55.3. The van der Waals surface area contributed by atoms with E-state index in [-0.39, 0.29) is 36.8 Å². The summed E-state index contributed by atoms with van der Waals surface area (Å²) in [5, 5.41) is 21.1. The van der Waals surface area contributed by atoms with E-state index in [4.69, 9.17) is 14.7 Å². The number of nitrogens with one attached hydrogen (secondary N) is 1. The van der Waals surface area contributed by atoms with Crippen LogP contribution in [0, 0.1) is 18.3 Å². The van der Waals surface area contributed by atoms with Crippen LogP contribution in [-0.4, -0.2) is 48.7 Å². The first-order valence-corrected chi connectivity index (χ1v) is 14.4. The van der Waals surface area contributed by atoms with E-state index < -0.39 is 34.8 Å². The Morgan fingerprint density at radius 2 is 1.84 bits per heavy atom. The molecule has 1 N–H and O–H groups in total. The number of nitriles is 1. The number of hydrogen-bond acceptors (Lipinski definition) is 10. The predicted molar refractivity (Wildman–Crippen MR) is 159 cm³/mol. The minimum atomic E-state index is -1.57.